The molecular weight excluding hydrogens is 304 g/mol. The van der Waals surface area contributed by atoms with Crippen LogP contribution in [0.3, 0.4) is 0 Å². The highest BCUT2D eigenvalue weighted by atomic mass is 35.5. The third-order valence-corrected chi connectivity index (χ3v) is 5.32. The van der Waals surface area contributed by atoms with Crippen LogP contribution in [-0.4, -0.2) is 23.7 Å². The number of nitrogens with one attached hydrogen (secondary N) is 1. The van der Waals surface area contributed by atoms with Gasteiger partial charge >= 0.3 is 0 Å². The fraction of sp³-hybridized carbons (Fsp3) is 0.562. The average molecular weight is 329 g/mol. The number of thioether (sulfide) groups is 1. The Morgan fingerprint density at radius 3 is 2.48 bits per heavy atom. The predicted molar refractivity (Wildman–Crippen MR) is 92.2 cm³/mol. The Morgan fingerprint density at radius 2 is 1.90 bits per heavy atom. The van der Waals surface area contributed by atoms with E-state index >= 15 is 0 Å². The minimum atomic E-state index is -0.274. The normalized spacial score (nSPS) is 16.3. The van der Waals surface area contributed by atoms with Crippen LogP contribution in [0.2, 0.25) is 0 Å². The lowest BCUT2D eigenvalue weighted by atomic mass is 10.1. The summed E-state index contributed by atoms with van der Waals surface area (Å²) < 4.78 is -0.274. The SMILES string of the molecule is Cc1ccc(SC2(C(=O)NCCCN)CCCC2)cc1.Cl. The number of benzene rings is 1. The quantitative estimate of drug-likeness (QED) is 0.788. The molecule has 1 amide bonds. The molecule has 118 valence electrons. The van der Waals surface area contributed by atoms with Crippen LogP contribution in [0, 0.1) is 6.92 Å². The molecular formula is C16H25ClN2OS. The Hall–Kier alpha value is -0.710. The molecule has 0 radical (unpaired) electrons. The fourth-order valence-electron chi connectivity index (χ4n) is 2.62. The van der Waals surface area contributed by atoms with Crippen LogP contribution in [0.1, 0.15) is 37.7 Å². The molecule has 1 saturated carbocycles. The van der Waals surface area contributed by atoms with E-state index in [2.05, 4.69) is 36.5 Å². The number of rotatable bonds is 6. The van der Waals surface area contributed by atoms with Crippen LogP contribution in [0.15, 0.2) is 29.2 Å². The van der Waals surface area contributed by atoms with Crippen LogP contribution >= 0.6 is 24.2 Å². The Bertz CT molecular complexity index is 444. The summed E-state index contributed by atoms with van der Waals surface area (Å²) in [6, 6.07) is 8.45. The zero-order chi connectivity index (χ0) is 14.4. The third kappa shape index (κ3) is 4.90. The maximum absolute atomic E-state index is 12.5. The van der Waals surface area contributed by atoms with Gasteiger partial charge in [0.2, 0.25) is 5.91 Å². The maximum Gasteiger partial charge on any atom is 0.236 e. The second-order valence-corrected chi connectivity index (χ2v) is 6.97. The van der Waals surface area contributed by atoms with Gasteiger partial charge < -0.3 is 11.1 Å². The highest BCUT2D eigenvalue weighted by Gasteiger charge is 2.41. The smallest absolute Gasteiger partial charge is 0.236 e. The minimum absolute atomic E-state index is 0. The van der Waals surface area contributed by atoms with Gasteiger partial charge in [-0.05, 0) is 44.9 Å². The van der Waals surface area contributed by atoms with Gasteiger partial charge in [0, 0.05) is 11.4 Å². The molecule has 3 nitrogen and oxygen atoms in total. The first-order valence-electron chi connectivity index (χ1n) is 7.40. The first-order valence-corrected chi connectivity index (χ1v) is 8.22. The van der Waals surface area contributed by atoms with Crippen molar-refractivity contribution in [3.05, 3.63) is 29.8 Å². The van der Waals surface area contributed by atoms with Gasteiger partial charge in [0.25, 0.3) is 0 Å². The number of carbonyl (C=O) groups is 1. The first-order chi connectivity index (χ1) is 9.66. The lowest BCUT2D eigenvalue weighted by Crippen LogP contribution is -2.42. The van der Waals surface area contributed by atoms with Crippen molar-refractivity contribution in [1.82, 2.24) is 5.32 Å². The average Bonchev–Trinajstić information content (AvgIpc) is 2.91. The van der Waals surface area contributed by atoms with E-state index in [1.54, 1.807) is 11.8 Å². The van der Waals surface area contributed by atoms with E-state index in [9.17, 15) is 4.79 Å². The summed E-state index contributed by atoms with van der Waals surface area (Å²) in [5.74, 6) is 0.189. The van der Waals surface area contributed by atoms with E-state index in [0.717, 1.165) is 32.1 Å². The van der Waals surface area contributed by atoms with E-state index in [1.165, 1.54) is 10.5 Å². The summed E-state index contributed by atoms with van der Waals surface area (Å²) in [5.41, 5.74) is 6.73. The van der Waals surface area contributed by atoms with Crippen molar-refractivity contribution in [3.8, 4) is 0 Å². The molecule has 0 aliphatic heterocycles. The summed E-state index contributed by atoms with van der Waals surface area (Å²) in [7, 11) is 0. The number of amides is 1. The van der Waals surface area contributed by atoms with Gasteiger partial charge in [-0.15, -0.1) is 24.2 Å². The highest BCUT2D eigenvalue weighted by molar-refractivity contribution is 8.01. The van der Waals surface area contributed by atoms with Crippen molar-refractivity contribution in [1.29, 1.82) is 0 Å². The number of nitrogens with two attached hydrogens (primary N) is 1. The Balaban J connectivity index is 0.00000220. The summed E-state index contributed by atoms with van der Waals surface area (Å²) in [6.45, 7) is 3.39. The van der Waals surface area contributed by atoms with E-state index in [1.807, 2.05) is 0 Å². The molecule has 1 aliphatic rings. The molecule has 21 heavy (non-hydrogen) atoms. The van der Waals surface area contributed by atoms with Gasteiger partial charge in [-0.3, -0.25) is 4.79 Å². The van der Waals surface area contributed by atoms with Crippen LogP contribution < -0.4 is 11.1 Å². The molecule has 0 bridgehead atoms. The molecule has 1 aliphatic carbocycles. The Labute approximate surface area is 137 Å². The summed E-state index contributed by atoms with van der Waals surface area (Å²) >= 11 is 1.73. The van der Waals surface area contributed by atoms with Crippen LogP contribution in [0.4, 0.5) is 0 Å². The van der Waals surface area contributed by atoms with Gasteiger partial charge in [-0.2, -0.15) is 0 Å². The van der Waals surface area contributed by atoms with Crippen molar-refractivity contribution in [3.63, 3.8) is 0 Å². The summed E-state index contributed by atoms with van der Waals surface area (Å²) in [5, 5.41) is 3.06. The molecule has 0 atom stereocenters. The monoisotopic (exact) mass is 328 g/mol. The molecule has 5 heteroatoms. The highest BCUT2D eigenvalue weighted by Crippen LogP contribution is 2.45. The summed E-state index contributed by atoms with van der Waals surface area (Å²) in [6.07, 6.45) is 5.07. The number of hydrogen-bond donors (Lipinski definition) is 2. The molecule has 1 fully saturated rings. The standard InChI is InChI=1S/C16H24N2OS.ClH/c1-13-5-7-14(8-6-13)20-16(9-2-3-10-16)15(19)18-12-4-11-17;/h5-8H,2-4,9-12,17H2,1H3,(H,18,19);1H. The Morgan fingerprint density at radius 1 is 1.29 bits per heavy atom. The van der Waals surface area contributed by atoms with Gasteiger partial charge in [0.1, 0.15) is 0 Å². The molecule has 0 aromatic heterocycles. The molecule has 1 aromatic rings. The number of halogens is 1. The number of carbonyl (C=O) groups excluding carboxylic acids is 1. The molecule has 3 N–H and O–H groups in total. The topological polar surface area (TPSA) is 55.1 Å². The molecule has 0 saturated heterocycles. The maximum atomic E-state index is 12.5. The van der Waals surface area contributed by atoms with E-state index < -0.39 is 0 Å². The number of aryl methyl sites for hydroxylation is 1. The Kier molecular flexibility index (Phi) is 7.57. The second kappa shape index (κ2) is 8.66. The zero-order valence-electron chi connectivity index (χ0n) is 12.6. The van der Waals surface area contributed by atoms with Crippen molar-refractivity contribution in [2.24, 2.45) is 5.73 Å². The van der Waals surface area contributed by atoms with Crippen molar-refractivity contribution in [2.75, 3.05) is 13.1 Å². The van der Waals surface area contributed by atoms with Crippen molar-refractivity contribution < 1.29 is 4.79 Å². The zero-order valence-corrected chi connectivity index (χ0v) is 14.2. The number of hydrogen-bond acceptors (Lipinski definition) is 3. The van der Waals surface area contributed by atoms with Crippen LogP contribution in [-0.2, 0) is 4.79 Å². The fourth-order valence-corrected chi connectivity index (χ4v) is 4.00. The van der Waals surface area contributed by atoms with Gasteiger partial charge in [0.05, 0.1) is 4.75 Å². The van der Waals surface area contributed by atoms with Gasteiger partial charge in [0.15, 0.2) is 0 Å². The van der Waals surface area contributed by atoms with Crippen molar-refractivity contribution in [2.45, 2.75) is 48.7 Å². The predicted octanol–water partition coefficient (Wildman–Crippen LogP) is 3.29. The lowest BCUT2D eigenvalue weighted by Gasteiger charge is -2.27. The molecule has 0 heterocycles. The lowest BCUT2D eigenvalue weighted by molar-refractivity contribution is -0.123. The van der Waals surface area contributed by atoms with Crippen LogP contribution in [0.5, 0.6) is 0 Å². The molecule has 0 spiro atoms. The minimum Gasteiger partial charge on any atom is -0.355 e. The van der Waals surface area contributed by atoms with Crippen LogP contribution in [0.25, 0.3) is 0 Å². The van der Waals surface area contributed by atoms with E-state index in [-0.39, 0.29) is 23.1 Å². The molecule has 2 rings (SSSR count). The van der Waals surface area contributed by atoms with E-state index in [0.29, 0.717) is 13.1 Å². The largest absolute Gasteiger partial charge is 0.355 e. The molecule has 0 unspecified atom stereocenters. The first kappa shape index (κ1) is 18.3. The second-order valence-electron chi connectivity index (χ2n) is 5.51. The summed E-state index contributed by atoms with van der Waals surface area (Å²) in [4.78, 5) is 13.7. The van der Waals surface area contributed by atoms with Crippen molar-refractivity contribution >= 4 is 30.1 Å². The third-order valence-electron chi connectivity index (χ3n) is 3.83. The van der Waals surface area contributed by atoms with Gasteiger partial charge in [-0.1, -0.05) is 30.5 Å². The van der Waals surface area contributed by atoms with Gasteiger partial charge in [-0.25, -0.2) is 0 Å². The van der Waals surface area contributed by atoms with E-state index in [4.69, 9.17) is 5.73 Å². The molecule has 1 aromatic carbocycles.